The van der Waals surface area contributed by atoms with Crippen LogP contribution in [-0.4, -0.2) is 11.0 Å². The van der Waals surface area contributed by atoms with E-state index in [9.17, 15) is 0 Å². The van der Waals surface area contributed by atoms with Gasteiger partial charge in [-0.1, -0.05) is 22.6 Å². The Morgan fingerprint density at radius 3 is 2.86 bits per heavy atom. The van der Waals surface area contributed by atoms with Crippen LogP contribution < -0.4 is 4.74 Å². The van der Waals surface area contributed by atoms with Gasteiger partial charge in [0, 0.05) is 4.43 Å². The molecule has 1 rings (SSSR count). The Hall–Kier alpha value is -0.760. The van der Waals surface area contributed by atoms with Gasteiger partial charge in [0.15, 0.2) is 0 Å². The van der Waals surface area contributed by atoms with Gasteiger partial charge in [0.05, 0.1) is 18.2 Å². The van der Waals surface area contributed by atoms with E-state index in [0.717, 1.165) is 28.8 Å². The van der Waals surface area contributed by atoms with Crippen LogP contribution in [0.2, 0.25) is 0 Å². The van der Waals surface area contributed by atoms with E-state index in [2.05, 4.69) is 28.7 Å². The second-order valence-corrected chi connectivity index (χ2v) is 4.06. The minimum Gasteiger partial charge on any atom is -0.494 e. The van der Waals surface area contributed by atoms with Crippen LogP contribution >= 0.6 is 22.6 Å². The van der Waals surface area contributed by atoms with Crippen LogP contribution in [0.5, 0.6) is 5.75 Å². The first kappa shape index (κ1) is 11.3. The number of alkyl halides is 1. The maximum atomic E-state index is 8.73. The van der Waals surface area contributed by atoms with Crippen molar-refractivity contribution in [2.75, 3.05) is 11.0 Å². The van der Waals surface area contributed by atoms with Crippen LogP contribution in [0, 0.1) is 18.3 Å². The smallest absolute Gasteiger partial charge is 0.119 e. The molecule has 3 heteroatoms. The number of aryl methyl sites for hydroxylation is 1. The lowest BCUT2D eigenvalue weighted by atomic mass is 10.1. The number of halogens is 1. The van der Waals surface area contributed by atoms with Crippen molar-refractivity contribution in [1.82, 2.24) is 0 Å². The van der Waals surface area contributed by atoms with Crippen molar-refractivity contribution in [3.8, 4) is 11.8 Å². The van der Waals surface area contributed by atoms with Crippen LogP contribution in [0.3, 0.4) is 0 Å². The third-order valence-electron chi connectivity index (χ3n) is 1.87. The lowest BCUT2D eigenvalue weighted by molar-refractivity contribution is 0.319. The number of hydrogen-bond donors (Lipinski definition) is 0. The van der Waals surface area contributed by atoms with E-state index in [-0.39, 0.29) is 0 Å². The molecule has 0 amide bonds. The van der Waals surface area contributed by atoms with E-state index < -0.39 is 0 Å². The maximum Gasteiger partial charge on any atom is 0.119 e. The molecule has 0 atom stereocenters. The van der Waals surface area contributed by atoms with E-state index >= 15 is 0 Å². The number of rotatable bonds is 4. The van der Waals surface area contributed by atoms with E-state index in [1.807, 2.05) is 19.1 Å². The number of benzene rings is 1. The van der Waals surface area contributed by atoms with Gasteiger partial charge in [0.1, 0.15) is 5.75 Å². The standard InChI is InChI=1S/C11H12INO/c1-9-7-11(14-6-2-5-12)4-3-10(9)8-13/h3-4,7H,2,5-6H2,1H3. The highest BCUT2D eigenvalue weighted by Crippen LogP contribution is 2.16. The summed E-state index contributed by atoms with van der Waals surface area (Å²) in [6.45, 7) is 2.66. The van der Waals surface area contributed by atoms with Crippen LogP contribution in [-0.2, 0) is 0 Å². The molecule has 0 aliphatic heterocycles. The SMILES string of the molecule is Cc1cc(OCCCI)ccc1C#N. The molecule has 0 unspecified atom stereocenters. The van der Waals surface area contributed by atoms with Crippen molar-refractivity contribution in [1.29, 1.82) is 5.26 Å². The molecule has 1 aromatic carbocycles. The molecular weight excluding hydrogens is 289 g/mol. The zero-order valence-corrected chi connectivity index (χ0v) is 10.2. The van der Waals surface area contributed by atoms with Gasteiger partial charge in [0.25, 0.3) is 0 Å². The van der Waals surface area contributed by atoms with Crippen LogP contribution in [0.15, 0.2) is 18.2 Å². The minimum atomic E-state index is 0.714. The lowest BCUT2D eigenvalue weighted by Crippen LogP contribution is -1.98. The molecule has 14 heavy (non-hydrogen) atoms. The largest absolute Gasteiger partial charge is 0.494 e. The van der Waals surface area contributed by atoms with Gasteiger partial charge in [-0.3, -0.25) is 0 Å². The number of nitriles is 1. The normalized spacial score (nSPS) is 9.50. The second-order valence-electron chi connectivity index (χ2n) is 2.98. The predicted octanol–water partition coefficient (Wildman–Crippen LogP) is 3.07. The summed E-state index contributed by atoms with van der Waals surface area (Å²) in [6.07, 6.45) is 1.06. The van der Waals surface area contributed by atoms with Crippen molar-refractivity contribution < 1.29 is 4.74 Å². The van der Waals surface area contributed by atoms with E-state index in [1.165, 1.54) is 0 Å². The first-order valence-electron chi connectivity index (χ1n) is 4.47. The summed E-state index contributed by atoms with van der Waals surface area (Å²) >= 11 is 2.33. The summed E-state index contributed by atoms with van der Waals surface area (Å²) < 4.78 is 6.62. The van der Waals surface area contributed by atoms with Crippen molar-refractivity contribution in [3.05, 3.63) is 29.3 Å². The van der Waals surface area contributed by atoms with Crippen molar-refractivity contribution in [2.24, 2.45) is 0 Å². The molecule has 0 aliphatic rings. The molecule has 0 spiro atoms. The molecule has 0 bridgehead atoms. The lowest BCUT2D eigenvalue weighted by Gasteiger charge is -2.06. The number of hydrogen-bond acceptors (Lipinski definition) is 2. The van der Waals surface area contributed by atoms with Gasteiger partial charge < -0.3 is 4.74 Å². The average Bonchev–Trinajstić information content (AvgIpc) is 2.18. The fourth-order valence-electron chi connectivity index (χ4n) is 1.10. The predicted molar refractivity (Wildman–Crippen MR) is 64.9 cm³/mol. The molecule has 0 aromatic heterocycles. The molecule has 2 nitrogen and oxygen atoms in total. The molecule has 0 saturated heterocycles. The third-order valence-corrected chi connectivity index (χ3v) is 2.63. The molecule has 1 aromatic rings. The topological polar surface area (TPSA) is 33.0 Å². The molecular formula is C11H12INO. The van der Waals surface area contributed by atoms with Crippen LogP contribution in [0.1, 0.15) is 17.5 Å². The van der Waals surface area contributed by atoms with Crippen LogP contribution in [0.25, 0.3) is 0 Å². The molecule has 74 valence electrons. The van der Waals surface area contributed by atoms with Gasteiger partial charge in [-0.05, 0) is 37.1 Å². The third kappa shape index (κ3) is 3.18. The Bertz CT molecular complexity index is 344. The first-order valence-corrected chi connectivity index (χ1v) is 6.00. The van der Waals surface area contributed by atoms with E-state index in [0.29, 0.717) is 5.56 Å². The zero-order chi connectivity index (χ0) is 10.4. The van der Waals surface area contributed by atoms with E-state index in [1.54, 1.807) is 6.07 Å². The summed E-state index contributed by atoms with van der Waals surface area (Å²) in [5, 5.41) is 8.73. The Kier molecular flexibility index (Phi) is 4.74. The summed E-state index contributed by atoms with van der Waals surface area (Å²) in [5.41, 5.74) is 1.69. The highest BCUT2D eigenvalue weighted by atomic mass is 127. The average molecular weight is 301 g/mol. The van der Waals surface area contributed by atoms with Gasteiger partial charge >= 0.3 is 0 Å². The second kappa shape index (κ2) is 5.86. The zero-order valence-electron chi connectivity index (χ0n) is 8.09. The molecule has 0 aliphatic carbocycles. The maximum absolute atomic E-state index is 8.73. The molecule has 0 heterocycles. The summed E-state index contributed by atoms with van der Waals surface area (Å²) in [4.78, 5) is 0. The van der Waals surface area contributed by atoms with Gasteiger partial charge in [0.2, 0.25) is 0 Å². The molecule has 0 fully saturated rings. The molecule has 0 saturated carbocycles. The highest BCUT2D eigenvalue weighted by Gasteiger charge is 1.99. The van der Waals surface area contributed by atoms with Gasteiger partial charge in [-0.15, -0.1) is 0 Å². The van der Waals surface area contributed by atoms with Crippen molar-refractivity contribution >= 4 is 22.6 Å². The Morgan fingerprint density at radius 1 is 1.50 bits per heavy atom. The Morgan fingerprint density at radius 2 is 2.29 bits per heavy atom. The van der Waals surface area contributed by atoms with Crippen molar-refractivity contribution in [3.63, 3.8) is 0 Å². The summed E-state index contributed by atoms with van der Waals surface area (Å²) in [6, 6.07) is 7.69. The fraction of sp³-hybridized carbons (Fsp3) is 0.364. The van der Waals surface area contributed by atoms with Gasteiger partial charge in [-0.2, -0.15) is 5.26 Å². The van der Waals surface area contributed by atoms with Gasteiger partial charge in [-0.25, -0.2) is 0 Å². The number of nitrogens with zero attached hydrogens (tertiary/aromatic N) is 1. The Labute approximate surface area is 98.0 Å². The highest BCUT2D eigenvalue weighted by molar-refractivity contribution is 14.1. The minimum absolute atomic E-state index is 0.714. The van der Waals surface area contributed by atoms with E-state index in [4.69, 9.17) is 10.00 Å². The summed E-state index contributed by atoms with van der Waals surface area (Å²) in [5.74, 6) is 0.853. The van der Waals surface area contributed by atoms with Crippen LogP contribution in [0.4, 0.5) is 0 Å². The number of ether oxygens (including phenoxy) is 1. The molecule has 0 radical (unpaired) electrons. The first-order chi connectivity index (χ1) is 6.77. The Balaban J connectivity index is 2.63. The summed E-state index contributed by atoms with van der Waals surface area (Å²) in [7, 11) is 0. The fourth-order valence-corrected chi connectivity index (χ4v) is 1.41. The quantitative estimate of drug-likeness (QED) is 0.486. The van der Waals surface area contributed by atoms with Crippen molar-refractivity contribution in [2.45, 2.75) is 13.3 Å². The monoisotopic (exact) mass is 301 g/mol. The molecule has 0 N–H and O–H groups in total.